The van der Waals surface area contributed by atoms with Crippen LogP contribution < -0.4 is 22.3 Å². The highest BCUT2D eigenvalue weighted by atomic mass is 32.2. The maximum Gasteiger partial charge on any atom is 0.332 e. The van der Waals surface area contributed by atoms with E-state index < -0.39 is 22.6 Å². The smallest absolute Gasteiger partial charge is 0.332 e. The van der Waals surface area contributed by atoms with Crippen LogP contribution in [0.2, 0.25) is 0 Å². The van der Waals surface area contributed by atoms with Gasteiger partial charge in [0.25, 0.3) is 5.56 Å². The lowest BCUT2D eigenvalue weighted by atomic mass is 9.96. The molecule has 3 N–H and O–H groups in total. The first-order valence-corrected chi connectivity index (χ1v) is 10.7. The number of nitrogens with two attached hydrogens (primary N) is 1. The lowest BCUT2D eigenvalue weighted by Gasteiger charge is -2.19. The van der Waals surface area contributed by atoms with E-state index in [0.29, 0.717) is 22.1 Å². The molecule has 0 spiro atoms. The number of fused-ring (bicyclic) bond motifs is 1. The van der Waals surface area contributed by atoms with Gasteiger partial charge in [-0.15, -0.1) is 0 Å². The molecule has 0 aliphatic rings. The fraction of sp³-hybridized carbons (Fsp3) is 0.333. The first-order valence-electron chi connectivity index (χ1n) is 9.71. The number of thioether (sulfide) groups is 1. The highest BCUT2D eigenvalue weighted by Gasteiger charge is 2.24. The van der Waals surface area contributed by atoms with Gasteiger partial charge in [0.2, 0.25) is 11.8 Å². The molecule has 11 heteroatoms. The van der Waals surface area contributed by atoms with Crippen LogP contribution >= 0.6 is 11.8 Å². The van der Waals surface area contributed by atoms with E-state index in [1.807, 2.05) is 20.8 Å². The van der Waals surface area contributed by atoms with Crippen LogP contribution in [0.4, 0.5) is 5.69 Å². The van der Waals surface area contributed by atoms with E-state index in [4.69, 9.17) is 5.73 Å². The molecule has 2 amide bonds. The molecule has 2 heterocycles. The Morgan fingerprint density at radius 1 is 1.06 bits per heavy atom. The molecule has 0 aliphatic carbocycles. The Hall–Kier alpha value is -3.47. The third-order valence-corrected chi connectivity index (χ3v) is 5.71. The number of anilines is 1. The van der Waals surface area contributed by atoms with Crippen LogP contribution in [0.25, 0.3) is 11.0 Å². The summed E-state index contributed by atoms with van der Waals surface area (Å²) in [6.07, 6.45) is 0. The van der Waals surface area contributed by atoms with Gasteiger partial charge in [0.15, 0.2) is 5.65 Å². The molecule has 2 aromatic heterocycles. The van der Waals surface area contributed by atoms with Crippen LogP contribution in [0.1, 0.15) is 37.0 Å². The van der Waals surface area contributed by atoms with Gasteiger partial charge in [-0.05, 0) is 24.3 Å². The van der Waals surface area contributed by atoms with E-state index in [9.17, 15) is 19.2 Å². The topological polar surface area (TPSA) is 142 Å². The van der Waals surface area contributed by atoms with Gasteiger partial charge in [0.05, 0.1) is 5.75 Å². The monoisotopic (exact) mass is 456 g/mol. The lowest BCUT2D eigenvalue weighted by molar-refractivity contribution is -0.113. The molecule has 3 aromatic rings. The van der Waals surface area contributed by atoms with Crippen LogP contribution in [0.3, 0.4) is 0 Å². The molecule has 1 aromatic carbocycles. The van der Waals surface area contributed by atoms with E-state index in [2.05, 4.69) is 15.3 Å². The number of hydrogen-bond acceptors (Lipinski definition) is 7. The molecular weight excluding hydrogens is 432 g/mol. The molecule has 0 fully saturated rings. The molecule has 0 unspecified atom stereocenters. The summed E-state index contributed by atoms with van der Waals surface area (Å²) in [5.41, 5.74) is 4.83. The number of nitrogens with one attached hydrogen (secondary N) is 1. The molecule has 32 heavy (non-hydrogen) atoms. The minimum absolute atomic E-state index is 0.0285. The van der Waals surface area contributed by atoms with Crippen LogP contribution in [0, 0.1) is 0 Å². The summed E-state index contributed by atoms with van der Waals surface area (Å²) in [7, 11) is 2.93. The van der Waals surface area contributed by atoms with Crippen molar-refractivity contribution >= 4 is 40.3 Å². The largest absolute Gasteiger partial charge is 0.366 e. The molecule has 0 saturated heterocycles. The lowest BCUT2D eigenvalue weighted by Crippen LogP contribution is -2.38. The van der Waals surface area contributed by atoms with Crippen molar-refractivity contribution in [2.75, 3.05) is 11.1 Å². The average Bonchev–Trinajstić information content (AvgIpc) is 2.73. The molecule has 10 nitrogen and oxygen atoms in total. The van der Waals surface area contributed by atoms with Crippen molar-refractivity contribution in [3.63, 3.8) is 0 Å². The summed E-state index contributed by atoms with van der Waals surface area (Å²) >= 11 is 1.09. The van der Waals surface area contributed by atoms with Gasteiger partial charge in [-0.2, -0.15) is 0 Å². The van der Waals surface area contributed by atoms with E-state index >= 15 is 0 Å². The van der Waals surface area contributed by atoms with E-state index in [0.717, 1.165) is 16.3 Å². The van der Waals surface area contributed by atoms with Gasteiger partial charge >= 0.3 is 5.69 Å². The van der Waals surface area contributed by atoms with Crippen LogP contribution in [0.5, 0.6) is 0 Å². The summed E-state index contributed by atoms with van der Waals surface area (Å²) in [6.45, 7) is 5.76. The van der Waals surface area contributed by atoms with Crippen LogP contribution in [-0.4, -0.2) is 36.7 Å². The summed E-state index contributed by atoms with van der Waals surface area (Å²) < 4.78 is 2.30. The zero-order valence-electron chi connectivity index (χ0n) is 18.4. The van der Waals surface area contributed by atoms with Crippen molar-refractivity contribution in [1.82, 2.24) is 19.1 Å². The Balaban J connectivity index is 1.95. The fourth-order valence-corrected chi connectivity index (χ4v) is 3.73. The molecule has 0 saturated carbocycles. The summed E-state index contributed by atoms with van der Waals surface area (Å²) in [6, 6.07) is 6.18. The molecule has 0 bridgehead atoms. The number of aryl methyl sites for hydroxylation is 1. The molecule has 3 rings (SSSR count). The maximum absolute atomic E-state index is 12.8. The Morgan fingerprint density at radius 2 is 1.69 bits per heavy atom. The highest BCUT2D eigenvalue weighted by Crippen LogP contribution is 2.27. The van der Waals surface area contributed by atoms with Crippen molar-refractivity contribution < 1.29 is 9.59 Å². The normalized spacial score (nSPS) is 11.5. The van der Waals surface area contributed by atoms with Gasteiger partial charge in [0, 0.05) is 30.8 Å². The molecular formula is C21H24N6O4S. The van der Waals surface area contributed by atoms with Crippen molar-refractivity contribution in [1.29, 1.82) is 0 Å². The van der Waals surface area contributed by atoms with Gasteiger partial charge in [-0.1, -0.05) is 32.5 Å². The van der Waals surface area contributed by atoms with Gasteiger partial charge in [0.1, 0.15) is 16.2 Å². The minimum atomic E-state index is -0.556. The number of benzene rings is 1. The molecule has 0 atom stereocenters. The van der Waals surface area contributed by atoms with Gasteiger partial charge < -0.3 is 11.1 Å². The third-order valence-electron chi connectivity index (χ3n) is 4.73. The van der Waals surface area contributed by atoms with E-state index in [1.165, 1.54) is 23.7 Å². The highest BCUT2D eigenvalue weighted by molar-refractivity contribution is 8.00. The standard InChI is InChI=1S/C21H24N6O4S/c1-21(2,3)19-24-16-14(18(30)27(5)20(31)26(16)4)17(25-19)32-10-13(28)23-12-8-6-11(7-9-12)15(22)29/h6-9H,10H2,1-5H3,(H2,22,29)(H,23,28). The molecule has 0 aliphatic heterocycles. The number of rotatable bonds is 5. The zero-order chi connectivity index (χ0) is 23.8. The third kappa shape index (κ3) is 4.57. The first-order chi connectivity index (χ1) is 14.9. The fourth-order valence-electron chi connectivity index (χ4n) is 2.92. The Kier molecular flexibility index (Phi) is 6.22. The number of hydrogen-bond donors (Lipinski definition) is 2. The van der Waals surface area contributed by atoms with Gasteiger partial charge in [-0.3, -0.25) is 23.5 Å². The molecule has 168 valence electrons. The predicted molar refractivity (Wildman–Crippen MR) is 123 cm³/mol. The average molecular weight is 457 g/mol. The summed E-state index contributed by atoms with van der Waals surface area (Å²) in [5.74, 6) is -0.454. The maximum atomic E-state index is 12.8. The van der Waals surface area contributed by atoms with Gasteiger partial charge in [-0.25, -0.2) is 14.8 Å². The number of carbonyl (C=O) groups excluding carboxylic acids is 2. The predicted octanol–water partition coefficient (Wildman–Crippen LogP) is 1.15. The second kappa shape index (κ2) is 8.58. The second-order valence-electron chi connectivity index (χ2n) is 8.29. The second-order valence-corrected chi connectivity index (χ2v) is 9.25. The number of primary amides is 1. The van der Waals surface area contributed by atoms with Crippen molar-refractivity contribution in [2.24, 2.45) is 19.8 Å². The summed E-state index contributed by atoms with van der Waals surface area (Å²) in [5, 5.41) is 3.24. The number of nitrogens with zero attached hydrogens (tertiary/aromatic N) is 4. The minimum Gasteiger partial charge on any atom is -0.366 e. The SMILES string of the molecule is Cn1c(=O)c2c(SCC(=O)Nc3ccc(C(N)=O)cc3)nc(C(C)(C)C)nc2n(C)c1=O. The number of carbonyl (C=O) groups is 2. The van der Waals surface area contributed by atoms with Crippen LogP contribution in [-0.2, 0) is 24.3 Å². The van der Waals surface area contributed by atoms with Crippen molar-refractivity contribution in [3.8, 4) is 0 Å². The van der Waals surface area contributed by atoms with Crippen molar-refractivity contribution in [2.45, 2.75) is 31.2 Å². The molecule has 0 radical (unpaired) electrons. The van der Waals surface area contributed by atoms with E-state index in [-0.39, 0.29) is 22.7 Å². The van der Waals surface area contributed by atoms with E-state index in [1.54, 1.807) is 19.2 Å². The first kappa shape index (κ1) is 23.2. The Bertz CT molecular complexity index is 1340. The Labute approximate surface area is 187 Å². The zero-order valence-corrected chi connectivity index (χ0v) is 19.2. The van der Waals surface area contributed by atoms with Crippen molar-refractivity contribution in [3.05, 3.63) is 56.5 Å². The number of aromatic nitrogens is 4. The Morgan fingerprint density at radius 3 is 2.25 bits per heavy atom. The van der Waals surface area contributed by atoms with Crippen LogP contribution in [0.15, 0.2) is 38.9 Å². The summed E-state index contributed by atoms with van der Waals surface area (Å²) in [4.78, 5) is 57.9. The quantitative estimate of drug-likeness (QED) is 0.433. The number of amides is 2.